The fraction of sp³-hybridized carbons (Fsp3) is 0.259. The van der Waals surface area contributed by atoms with E-state index in [1.165, 1.54) is 11.3 Å². The fourth-order valence-corrected chi connectivity index (χ4v) is 4.97. The Kier molecular flexibility index (Phi) is 4.38. The average Bonchev–Trinajstić information content (AvgIpc) is 3.60. The van der Waals surface area contributed by atoms with E-state index in [-0.39, 0.29) is 6.79 Å². The molecule has 0 aliphatic carbocycles. The molecule has 34 heavy (non-hydrogen) atoms. The lowest BCUT2D eigenvalue weighted by molar-refractivity contribution is 0.174. The van der Waals surface area contributed by atoms with Crippen LogP contribution in [0, 0.1) is 0 Å². The first-order valence-electron chi connectivity index (χ1n) is 11.7. The number of fused-ring (bicyclic) bond motifs is 3. The summed E-state index contributed by atoms with van der Waals surface area (Å²) in [7, 11) is 2.19. The number of imidazole rings is 1. The lowest BCUT2D eigenvalue weighted by Gasteiger charge is -2.34. The Hall–Kier alpha value is -3.84. The molecule has 7 rings (SSSR count). The highest BCUT2D eigenvalue weighted by molar-refractivity contribution is 6.08. The molecule has 4 aromatic rings. The third kappa shape index (κ3) is 3.31. The number of aromatic nitrogens is 2. The van der Waals surface area contributed by atoms with Crippen molar-refractivity contribution in [2.24, 2.45) is 4.99 Å². The highest BCUT2D eigenvalue weighted by atomic mass is 16.7. The second-order valence-electron chi connectivity index (χ2n) is 9.22. The molecule has 0 bridgehead atoms. The Morgan fingerprint density at radius 2 is 1.71 bits per heavy atom. The van der Waals surface area contributed by atoms with E-state index in [9.17, 15) is 0 Å². The van der Waals surface area contributed by atoms with Gasteiger partial charge in [0.25, 0.3) is 0 Å². The predicted molar refractivity (Wildman–Crippen MR) is 134 cm³/mol. The predicted octanol–water partition coefficient (Wildman–Crippen LogP) is 4.39. The number of hydrogen-bond acceptors (Lipinski definition) is 6. The molecule has 0 amide bonds. The van der Waals surface area contributed by atoms with Crippen LogP contribution >= 0.6 is 0 Å². The van der Waals surface area contributed by atoms with Gasteiger partial charge in [0.2, 0.25) is 6.79 Å². The highest BCUT2D eigenvalue weighted by Gasteiger charge is 2.21. The Balaban J connectivity index is 1.17. The van der Waals surface area contributed by atoms with Crippen LogP contribution < -0.4 is 14.4 Å². The normalized spacial score (nSPS) is 17.3. The van der Waals surface area contributed by atoms with Gasteiger partial charge in [-0.15, -0.1) is 0 Å². The first-order valence-corrected chi connectivity index (χ1v) is 11.7. The van der Waals surface area contributed by atoms with Crippen LogP contribution in [0.15, 0.2) is 59.6 Å². The molecule has 3 aromatic carbocycles. The zero-order chi connectivity index (χ0) is 22.6. The number of rotatable bonds is 3. The van der Waals surface area contributed by atoms with Gasteiger partial charge in [0.15, 0.2) is 11.5 Å². The zero-order valence-electron chi connectivity index (χ0n) is 19.0. The molecule has 1 saturated heterocycles. The first kappa shape index (κ1) is 19.6. The highest BCUT2D eigenvalue weighted by Crippen LogP contribution is 2.36. The lowest BCUT2D eigenvalue weighted by atomic mass is 10.0. The molecule has 0 saturated carbocycles. The van der Waals surface area contributed by atoms with Crippen molar-refractivity contribution >= 4 is 28.1 Å². The summed E-state index contributed by atoms with van der Waals surface area (Å²) in [5.74, 6) is 2.35. The summed E-state index contributed by atoms with van der Waals surface area (Å²) in [6.45, 7) is 4.60. The van der Waals surface area contributed by atoms with E-state index in [2.05, 4.69) is 58.2 Å². The minimum Gasteiger partial charge on any atom is -0.454 e. The van der Waals surface area contributed by atoms with Crippen molar-refractivity contribution in [2.75, 3.05) is 44.9 Å². The monoisotopic (exact) mass is 451 g/mol. The molecule has 7 nitrogen and oxygen atoms in total. The minimum atomic E-state index is 0.268. The van der Waals surface area contributed by atoms with E-state index >= 15 is 0 Å². The van der Waals surface area contributed by atoms with Crippen LogP contribution in [0.4, 0.5) is 11.4 Å². The van der Waals surface area contributed by atoms with Crippen molar-refractivity contribution < 1.29 is 9.47 Å². The number of piperazine rings is 1. The summed E-state index contributed by atoms with van der Waals surface area (Å²) in [6, 6.07) is 19.0. The van der Waals surface area contributed by atoms with E-state index in [0.29, 0.717) is 0 Å². The summed E-state index contributed by atoms with van der Waals surface area (Å²) in [5, 5.41) is 0. The molecular formula is C27H25N5O2. The first-order chi connectivity index (χ1) is 16.7. The maximum atomic E-state index is 5.52. The Labute approximate surface area is 197 Å². The van der Waals surface area contributed by atoms with Gasteiger partial charge in [-0.05, 0) is 60.6 Å². The minimum absolute atomic E-state index is 0.268. The molecular weight excluding hydrogens is 426 g/mol. The smallest absolute Gasteiger partial charge is 0.231 e. The van der Waals surface area contributed by atoms with Crippen molar-refractivity contribution in [3.8, 4) is 22.9 Å². The van der Waals surface area contributed by atoms with Crippen molar-refractivity contribution in [1.82, 2.24) is 14.9 Å². The van der Waals surface area contributed by atoms with E-state index in [1.807, 2.05) is 18.2 Å². The molecule has 4 heterocycles. The molecule has 0 spiro atoms. The topological polar surface area (TPSA) is 66.0 Å². The molecule has 7 heteroatoms. The molecule has 1 fully saturated rings. The van der Waals surface area contributed by atoms with Crippen LogP contribution in [0.1, 0.15) is 11.1 Å². The van der Waals surface area contributed by atoms with Crippen molar-refractivity contribution in [3.05, 3.63) is 65.7 Å². The number of nitrogens with zero attached hydrogens (tertiary/aromatic N) is 4. The number of aromatic amines is 1. The van der Waals surface area contributed by atoms with Crippen LogP contribution in [-0.2, 0) is 6.42 Å². The van der Waals surface area contributed by atoms with E-state index in [0.717, 1.165) is 83.5 Å². The van der Waals surface area contributed by atoms with Crippen molar-refractivity contribution in [3.63, 3.8) is 0 Å². The number of aliphatic imine (C=N–C) groups is 1. The number of nitrogens with one attached hydrogen (secondary N) is 1. The van der Waals surface area contributed by atoms with Crippen LogP contribution in [0.2, 0.25) is 0 Å². The van der Waals surface area contributed by atoms with Gasteiger partial charge in [0.05, 0.1) is 22.4 Å². The van der Waals surface area contributed by atoms with Gasteiger partial charge in [-0.2, -0.15) is 0 Å². The van der Waals surface area contributed by atoms with E-state index < -0.39 is 0 Å². The molecule has 0 radical (unpaired) electrons. The number of anilines is 1. The average molecular weight is 452 g/mol. The Bertz CT molecular complexity index is 1450. The van der Waals surface area contributed by atoms with Crippen LogP contribution in [-0.4, -0.2) is 60.6 Å². The Morgan fingerprint density at radius 3 is 2.62 bits per heavy atom. The van der Waals surface area contributed by atoms with Crippen LogP contribution in [0.5, 0.6) is 11.5 Å². The summed E-state index contributed by atoms with van der Waals surface area (Å²) in [4.78, 5) is 18.1. The standard InChI is InChI=1S/C27H25N5O2/c1-31-8-10-32(11-9-31)20-5-2-17-12-22(28-23(17)15-20)18-3-6-21-24(13-18)30-27(29-21)19-4-7-25-26(14-19)34-16-33-25/h2-7,13-15H,8-12,16H2,1H3,(H,29,30). The van der Waals surface area contributed by atoms with Crippen molar-refractivity contribution in [1.29, 1.82) is 0 Å². The maximum Gasteiger partial charge on any atom is 0.231 e. The summed E-state index contributed by atoms with van der Waals surface area (Å²) in [6.07, 6.45) is 0.854. The quantitative estimate of drug-likeness (QED) is 0.501. The molecule has 0 atom stereocenters. The van der Waals surface area contributed by atoms with Crippen LogP contribution in [0.25, 0.3) is 22.4 Å². The van der Waals surface area contributed by atoms with Crippen LogP contribution in [0.3, 0.4) is 0 Å². The number of benzene rings is 3. The molecule has 1 N–H and O–H groups in total. The third-order valence-corrected chi connectivity index (χ3v) is 7.01. The number of H-pyrrole nitrogens is 1. The van der Waals surface area contributed by atoms with Gasteiger partial charge in [-0.1, -0.05) is 12.1 Å². The molecule has 3 aliphatic heterocycles. The van der Waals surface area contributed by atoms with Gasteiger partial charge >= 0.3 is 0 Å². The second kappa shape index (κ2) is 7.60. The Morgan fingerprint density at radius 1 is 0.853 bits per heavy atom. The van der Waals surface area contributed by atoms with Gasteiger partial charge in [0, 0.05) is 43.9 Å². The number of likely N-dealkylation sites (N-methyl/N-ethyl adjacent to an activating group) is 1. The molecule has 3 aliphatic rings. The zero-order valence-corrected chi connectivity index (χ0v) is 19.0. The summed E-state index contributed by atoms with van der Waals surface area (Å²) < 4.78 is 10.9. The summed E-state index contributed by atoms with van der Waals surface area (Å²) in [5.41, 5.74) is 8.80. The second-order valence-corrected chi connectivity index (χ2v) is 9.22. The maximum absolute atomic E-state index is 5.52. The van der Waals surface area contributed by atoms with Crippen molar-refractivity contribution in [2.45, 2.75) is 6.42 Å². The van der Waals surface area contributed by atoms with Gasteiger partial charge < -0.3 is 24.3 Å². The largest absolute Gasteiger partial charge is 0.454 e. The molecule has 170 valence electrons. The van der Waals surface area contributed by atoms with Gasteiger partial charge in [-0.3, -0.25) is 4.99 Å². The molecule has 1 aromatic heterocycles. The van der Waals surface area contributed by atoms with E-state index in [1.54, 1.807) is 0 Å². The summed E-state index contributed by atoms with van der Waals surface area (Å²) >= 11 is 0. The molecule has 0 unspecified atom stereocenters. The third-order valence-electron chi connectivity index (χ3n) is 7.01. The van der Waals surface area contributed by atoms with E-state index in [4.69, 9.17) is 19.5 Å². The van der Waals surface area contributed by atoms with Gasteiger partial charge in [-0.25, -0.2) is 4.98 Å². The number of ether oxygens (including phenoxy) is 2. The lowest BCUT2D eigenvalue weighted by Crippen LogP contribution is -2.44. The fourth-order valence-electron chi connectivity index (χ4n) is 4.97. The SMILES string of the molecule is CN1CCN(c2ccc3c(c2)N=C(c2ccc4nc(-c5ccc6c(c5)OCO6)[nH]c4c2)C3)CC1. The van der Waals surface area contributed by atoms with Gasteiger partial charge in [0.1, 0.15) is 5.82 Å². The number of hydrogen-bond donors (Lipinski definition) is 1.